The van der Waals surface area contributed by atoms with Crippen LogP contribution in [0.4, 0.5) is 0 Å². The van der Waals surface area contributed by atoms with Crippen molar-refractivity contribution < 1.29 is 8.83 Å². The maximum Gasteiger partial charge on any atom is 0.151 e. The predicted molar refractivity (Wildman–Crippen MR) is 118 cm³/mol. The summed E-state index contributed by atoms with van der Waals surface area (Å²) in [5.41, 5.74) is 1.70. The number of allylic oxidation sites excluding steroid dienone is 4. The van der Waals surface area contributed by atoms with Gasteiger partial charge in [0.15, 0.2) is 11.5 Å². The second-order valence-corrected chi connectivity index (χ2v) is 6.60. The van der Waals surface area contributed by atoms with Crippen LogP contribution in [0.5, 0.6) is 0 Å². The molecule has 0 bridgehead atoms. The van der Waals surface area contributed by atoms with Gasteiger partial charge in [0.1, 0.15) is 46.9 Å². The van der Waals surface area contributed by atoms with Crippen LogP contribution in [0, 0.1) is 45.3 Å². The van der Waals surface area contributed by atoms with Crippen molar-refractivity contribution in [1.29, 1.82) is 21.0 Å². The molecule has 0 aliphatic rings. The van der Waals surface area contributed by atoms with Gasteiger partial charge >= 0.3 is 0 Å². The molecule has 0 saturated carbocycles. The summed E-state index contributed by atoms with van der Waals surface area (Å²) in [4.78, 5) is 0. The van der Waals surface area contributed by atoms with Crippen LogP contribution in [0.25, 0.3) is 35.1 Å². The minimum Gasteiger partial charge on any atom is -0.455 e. The summed E-state index contributed by atoms with van der Waals surface area (Å²) < 4.78 is 13.8. The molecule has 0 saturated heterocycles. The summed E-state index contributed by atoms with van der Waals surface area (Å²) in [6.45, 7) is 2.80. The van der Waals surface area contributed by atoms with Gasteiger partial charge in [-0.3, -0.25) is 0 Å². The Balaban J connectivity index is 1.93. The van der Waals surface area contributed by atoms with E-state index in [9.17, 15) is 0 Å². The van der Waals surface area contributed by atoms with Crippen LogP contribution in [0.1, 0.15) is 24.9 Å². The molecule has 0 aliphatic carbocycles. The van der Waals surface area contributed by atoms with E-state index < -0.39 is 0 Å². The lowest BCUT2D eigenvalue weighted by atomic mass is 10.2. The molecule has 3 aromatic heterocycles. The zero-order valence-electron chi connectivity index (χ0n) is 17.2. The Morgan fingerprint density at radius 3 is 1.94 bits per heavy atom. The average Bonchev–Trinajstić information content (AvgIpc) is 3.55. The molecule has 154 valence electrons. The van der Waals surface area contributed by atoms with Crippen LogP contribution < -0.4 is 0 Å². The second kappa shape index (κ2) is 10.2. The molecule has 0 aliphatic heterocycles. The summed E-state index contributed by atoms with van der Waals surface area (Å²) in [5.74, 6) is 2.29. The number of aromatic nitrogens is 1. The summed E-state index contributed by atoms with van der Waals surface area (Å²) in [7, 11) is 0. The van der Waals surface area contributed by atoms with E-state index in [4.69, 9.17) is 29.9 Å². The first-order chi connectivity index (χ1) is 15.6. The monoisotopic (exact) mass is 419 g/mol. The van der Waals surface area contributed by atoms with E-state index in [2.05, 4.69) is 11.5 Å². The topological polar surface area (TPSA) is 126 Å². The lowest BCUT2D eigenvalue weighted by Crippen LogP contribution is -2.00. The van der Waals surface area contributed by atoms with Crippen molar-refractivity contribution >= 4 is 12.2 Å². The van der Waals surface area contributed by atoms with Gasteiger partial charge in [0.2, 0.25) is 0 Å². The summed E-state index contributed by atoms with van der Waals surface area (Å²) in [5, 5.41) is 35.4. The Morgan fingerprint density at radius 1 is 0.812 bits per heavy atom. The van der Waals surface area contributed by atoms with Gasteiger partial charge in [-0.15, -0.1) is 0 Å². The van der Waals surface area contributed by atoms with Gasteiger partial charge in [-0.1, -0.05) is 13.0 Å². The third-order valence-corrected chi connectivity index (χ3v) is 4.48. The maximum absolute atomic E-state index is 8.93. The Labute approximate surface area is 185 Å². The van der Waals surface area contributed by atoms with Gasteiger partial charge in [-0.25, -0.2) is 0 Å². The quantitative estimate of drug-likeness (QED) is 0.350. The van der Waals surface area contributed by atoms with E-state index >= 15 is 0 Å². The zero-order chi connectivity index (χ0) is 22.9. The first-order valence-corrected chi connectivity index (χ1v) is 9.73. The maximum atomic E-state index is 8.93. The Bertz CT molecular complexity index is 1350. The molecule has 3 rings (SSSR count). The van der Waals surface area contributed by atoms with Crippen LogP contribution in [0.15, 0.2) is 68.5 Å². The highest BCUT2D eigenvalue weighted by Crippen LogP contribution is 2.32. The molecule has 3 aromatic rings. The summed E-state index contributed by atoms with van der Waals surface area (Å²) in [6, 6.07) is 18.3. The van der Waals surface area contributed by atoms with Crippen LogP contribution in [-0.4, -0.2) is 4.57 Å². The van der Waals surface area contributed by atoms with Crippen LogP contribution in [0.2, 0.25) is 0 Å². The van der Waals surface area contributed by atoms with Crippen molar-refractivity contribution in [3.8, 4) is 47.2 Å². The average molecular weight is 419 g/mol. The Morgan fingerprint density at radius 2 is 1.38 bits per heavy atom. The van der Waals surface area contributed by atoms with Crippen molar-refractivity contribution in [2.45, 2.75) is 19.9 Å². The number of nitriles is 4. The van der Waals surface area contributed by atoms with Gasteiger partial charge in [0, 0.05) is 12.6 Å². The predicted octanol–water partition coefficient (Wildman–Crippen LogP) is 5.84. The minimum atomic E-state index is -0.0294. The second-order valence-electron chi connectivity index (χ2n) is 6.60. The van der Waals surface area contributed by atoms with Crippen molar-refractivity contribution in [1.82, 2.24) is 4.57 Å². The third-order valence-electron chi connectivity index (χ3n) is 4.48. The SMILES string of the molecule is CCCn1c(-c2ccc(C=C(C#N)C#N)o2)ccc1-c1ccc(/C=C/C=C(C#N)C#N)o1. The van der Waals surface area contributed by atoms with Crippen molar-refractivity contribution in [3.05, 3.63) is 71.2 Å². The van der Waals surface area contributed by atoms with Crippen LogP contribution in [0.3, 0.4) is 0 Å². The molecular formula is C25H17N5O2. The molecule has 3 heterocycles. The van der Waals surface area contributed by atoms with Gasteiger partial charge in [-0.2, -0.15) is 21.0 Å². The van der Waals surface area contributed by atoms with Gasteiger partial charge in [0.05, 0.1) is 11.4 Å². The van der Waals surface area contributed by atoms with E-state index in [0.717, 1.165) is 24.4 Å². The van der Waals surface area contributed by atoms with E-state index in [1.165, 1.54) is 12.2 Å². The smallest absolute Gasteiger partial charge is 0.151 e. The molecule has 32 heavy (non-hydrogen) atoms. The molecule has 0 spiro atoms. The molecule has 0 fully saturated rings. The molecule has 0 amide bonds. The molecule has 0 radical (unpaired) electrons. The van der Waals surface area contributed by atoms with Crippen molar-refractivity contribution in [3.63, 3.8) is 0 Å². The highest BCUT2D eigenvalue weighted by molar-refractivity contribution is 5.67. The number of hydrogen-bond acceptors (Lipinski definition) is 6. The molecule has 0 atom stereocenters. The van der Waals surface area contributed by atoms with E-state index in [-0.39, 0.29) is 11.1 Å². The fourth-order valence-corrected chi connectivity index (χ4v) is 3.08. The molecular weight excluding hydrogens is 402 g/mol. The van der Waals surface area contributed by atoms with Gasteiger partial charge in [0.25, 0.3) is 0 Å². The van der Waals surface area contributed by atoms with E-state index in [1.54, 1.807) is 36.4 Å². The normalized spacial score (nSPS) is 10.0. The summed E-state index contributed by atoms with van der Waals surface area (Å²) >= 11 is 0. The highest BCUT2D eigenvalue weighted by Gasteiger charge is 2.16. The van der Waals surface area contributed by atoms with Gasteiger partial charge < -0.3 is 13.4 Å². The van der Waals surface area contributed by atoms with E-state index in [1.807, 2.05) is 36.4 Å². The molecule has 7 heteroatoms. The standard InChI is InChI=1S/C25H17N5O2/c1-2-12-30-22(24-10-6-20(31-24)5-3-4-18(14-26)15-27)8-9-23(30)25-11-7-21(32-25)13-19(16-28)17-29/h3-11,13H,2,12H2,1H3/b5-3+. The molecule has 0 unspecified atom stereocenters. The van der Waals surface area contributed by atoms with Crippen molar-refractivity contribution in [2.75, 3.05) is 0 Å². The fourth-order valence-electron chi connectivity index (χ4n) is 3.08. The minimum absolute atomic E-state index is 0.0128. The number of rotatable bonds is 7. The molecule has 7 nitrogen and oxygen atoms in total. The first-order valence-electron chi connectivity index (χ1n) is 9.73. The van der Waals surface area contributed by atoms with Crippen LogP contribution >= 0.6 is 0 Å². The number of furan rings is 2. The largest absolute Gasteiger partial charge is 0.455 e. The third kappa shape index (κ3) is 4.77. The Hall–Kier alpha value is -4.98. The summed E-state index contributed by atoms with van der Waals surface area (Å²) in [6.07, 6.45) is 6.99. The lowest BCUT2D eigenvalue weighted by molar-refractivity contribution is 0.551. The Kier molecular flexibility index (Phi) is 6.90. The fraction of sp³-hybridized carbons (Fsp3) is 0.120. The van der Waals surface area contributed by atoms with Gasteiger partial charge in [-0.05, 0) is 55.0 Å². The highest BCUT2D eigenvalue weighted by atomic mass is 16.3. The molecule has 0 aromatic carbocycles. The van der Waals surface area contributed by atoms with E-state index in [0.29, 0.717) is 23.0 Å². The first kappa shape index (κ1) is 21.7. The van der Waals surface area contributed by atoms with Crippen molar-refractivity contribution in [2.24, 2.45) is 0 Å². The lowest BCUT2D eigenvalue weighted by Gasteiger charge is -2.10. The van der Waals surface area contributed by atoms with Crippen LogP contribution in [-0.2, 0) is 6.54 Å². The molecule has 0 N–H and O–H groups in total. The zero-order valence-corrected chi connectivity index (χ0v) is 17.2. The number of nitrogens with zero attached hydrogens (tertiary/aromatic N) is 5. The number of hydrogen-bond donors (Lipinski definition) is 0.